The molecule has 106 valence electrons. The summed E-state index contributed by atoms with van der Waals surface area (Å²) >= 11 is 0. The molecule has 0 aliphatic rings. The minimum Gasteiger partial charge on any atom is -0.481 e. The lowest BCUT2D eigenvalue weighted by atomic mass is 10.3. The summed E-state index contributed by atoms with van der Waals surface area (Å²) in [7, 11) is 1.44. The number of nitrogens with two attached hydrogens (primary N) is 1. The molecule has 7 nitrogen and oxygen atoms in total. The summed E-state index contributed by atoms with van der Waals surface area (Å²) in [6.07, 6.45) is 0. The number of nitrogens with zero attached hydrogens (tertiary/aromatic N) is 2. The van der Waals surface area contributed by atoms with Gasteiger partial charge in [0.05, 0.1) is 19.1 Å². The Morgan fingerprint density at radius 1 is 1.15 bits per heavy atom. The molecule has 0 aliphatic heterocycles. The largest absolute Gasteiger partial charge is 0.481 e. The smallest absolute Gasteiger partial charge is 0.321 e. The van der Waals surface area contributed by atoms with Crippen molar-refractivity contribution < 1.29 is 13.7 Å². The summed E-state index contributed by atoms with van der Waals surface area (Å²) in [5, 5.41) is 0. The number of hydrogen-bond acceptors (Lipinski definition) is 6. The summed E-state index contributed by atoms with van der Waals surface area (Å²) in [6.45, 7) is 0. The average Bonchev–Trinajstić information content (AvgIpc) is 2.47. The second-order valence-electron chi connectivity index (χ2n) is 3.72. The first-order valence-corrected chi connectivity index (χ1v) is 6.78. The second kappa shape index (κ2) is 6.20. The van der Waals surface area contributed by atoms with Crippen LogP contribution >= 0.6 is 0 Å². The summed E-state index contributed by atoms with van der Waals surface area (Å²) in [6, 6.07) is 8.35. The van der Waals surface area contributed by atoms with E-state index in [4.69, 9.17) is 15.2 Å². The standard InChI is InChI=1S/C12H14N4O3S/c1-18-11-7-10(14-12(15-11)19-2)16-20(17)9-5-3-8(13)4-6-9/h3-7H,13H2,1-2H3,(H,14,15,16). The SMILES string of the molecule is COc1cc(NS(=O)c2ccc(N)cc2)nc(OC)n1. The number of aromatic nitrogens is 2. The van der Waals surface area contributed by atoms with Gasteiger partial charge in [-0.25, -0.2) is 4.21 Å². The zero-order chi connectivity index (χ0) is 14.5. The molecule has 0 amide bonds. The molecule has 1 aromatic carbocycles. The fraction of sp³-hybridized carbons (Fsp3) is 0.167. The Bertz CT molecular complexity index is 596. The van der Waals surface area contributed by atoms with Gasteiger partial charge < -0.3 is 15.2 Å². The minimum atomic E-state index is -1.47. The van der Waals surface area contributed by atoms with Gasteiger partial charge in [-0.2, -0.15) is 9.97 Å². The number of hydrogen-bond donors (Lipinski definition) is 2. The predicted molar refractivity (Wildman–Crippen MR) is 76.0 cm³/mol. The van der Waals surface area contributed by atoms with Crippen molar-refractivity contribution in [2.75, 3.05) is 24.7 Å². The van der Waals surface area contributed by atoms with Crippen LogP contribution in [0.15, 0.2) is 35.2 Å². The lowest BCUT2D eigenvalue weighted by Gasteiger charge is -2.08. The highest BCUT2D eigenvalue weighted by molar-refractivity contribution is 7.86. The van der Waals surface area contributed by atoms with Crippen molar-refractivity contribution in [3.05, 3.63) is 30.3 Å². The number of anilines is 2. The summed E-state index contributed by atoms with van der Waals surface area (Å²) in [4.78, 5) is 8.57. The summed E-state index contributed by atoms with van der Waals surface area (Å²) in [5.41, 5.74) is 6.19. The molecular weight excluding hydrogens is 280 g/mol. The number of nitrogens with one attached hydrogen (secondary N) is 1. The van der Waals surface area contributed by atoms with E-state index in [0.717, 1.165) is 0 Å². The van der Waals surface area contributed by atoms with E-state index >= 15 is 0 Å². The molecule has 1 heterocycles. The first kappa shape index (κ1) is 14.1. The Kier molecular flexibility index (Phi) is 4.36. The highest BCUT2D eigenvalue weighted by Crippen LogP contribution is 2.19. The van der Waals surface area contributed by atoms with Crippen LogP contribution in [0.2, 0.25) is 0 Å². The Balaban J connectivity index is 2.20. The van der Waals surface area contributed by atoms with Gasteiger partial charge in [0.15, 0.2) is 11.0 Å². The molecule has 0 fully saturated rings. The molecule has 0 saturated carbocycles. The molecular formula is C12H14N4O3S. The van der Waals surface area contributed by atoms with Crippen LogP contribution in [0.5, 0.6) is 11.9 Å². The van der Waals surface area contributed by atoms with E-state index in [9.17, 15) is 4.21 Å². The molecule has 0 saturated heterocycles. The van der Waals surface area contributed by atoms with Crippen molar-refractivity contribution in [2.45, 2.75) is 4.90 Å². The molecule has 1 aromatic heterocycles. The molecule has 8 heteroatoms. The van der Waals surface area contributed by atoms with E-state index in [1.807, 2.05) is 0 Å². The molecule has 1 atom stereocenters. The van der Waals surface area contributed by atoms with Gasteiger partial charge in [-0.1, -0.05) is 0 Å². The molecule has 1 unspecified atom stereocenters. The van der Waals surface area contributed by atoms with Crippen LogP contribution in [0.4, 0.5) is 11.5 Å². The van der Waals surface area contributed by atoms with Crippen LogP contribution in [0, 0.1) is 0 Å². The van der Waals surface area contributed by atoms with Crippen molar-refractivity contribution in [1.82, 2.24) is 9.97 Å². The third-order valence-corrected chi connectivity index (χ3v) is 3.46. The van der Waals surface area contributed by atoms with Gasteiger partial charge in [0.2, 0.25) is 5.88 Å². The Morgan fingerprint density at radius 2 is 1.85 bits per heavy atom. The van der Waals surface area contributed by atoms with Crippen LogP contribution in [-0.4, -0.2) is 28.4 Å². The van der Waals surface area contributed by atoms with Crippen molar-refractivity contribution in [3.63, 3.8) is 0 Å². The third kappa shape index (κ3) is 3.35. The first-order chi connectivity index (χ1) is 9.62. The number of methoxy groups -OCH3 is 2. The van der Waals surface area contributed by atoms with E-state index in [-0.39, 0.29) is 6.01 Å². The quantitative estimate of drug-likeness (QED) is 0.804. The van der Waals surface area contributed by atoms with Crippen LogP contribution in [0.1, 0.15) is 0 Å². The van der Waals surface area contributed by atoms with Gasteiger partial charge in [-0.05, 0) is 24.3 Å². The van der Waals surface area contributed by atoms with E-state index in [0.29, 0.717) is 22.3 Å². The van der Waals surface area contributed by atoms with Crippen LogP contribution in [0.25, 0.3) is 0 Å². The molecule has 0 aliphatic carbocycles. The van der Waals surface area contributed by atoms with Gasteiger partial charge in [-0.3, -0.25) is 4.72 Å². The molecule has 0 bridgehead atoms. The monoisotopic (exact) mass is 294 g/mol. The first-order valence-electron chi connectivity index (χ1n) is 5.63. The summed E-state index contributed by atoms with van der Waals surface area (Å²) < 4.78 is 24.8. The molecule has 0 spiro atoms. The third-order valence-electron chi connectivity index (χ3n) is 2.37. The van der Waals surface area contributed by atoms with Crippen molar-refractivity contribution in [1.29, 1.82) is 0 Å². The molecule has 20 heavy (non-hydrogen) atoms. The van der Waals surface area contributed by atoms with E-state index < -0.39 is 11.0 Å². The van der Waals surface area contributed by atoms with Gasteiger partial charge in [0.25, 0.3) is 0 Å². The average molecular weight is 294 g/mol. The zero-order valence-corrected chi connectivity index (χ0v) is 11.8. The topological polar surface area (TPSA) is 99.4 Å². The van der Waals surface area contributed by atoms with E-state index in [1.165, 1.54) is 20.3 Å². The maximum Gasteiger partial charge on any atom is 0.321 e. The zero-order valence-electron chi connectivity index (χ0n) is 11.0. The molecule has 0 radical (unpaired) electrons. The fourth-order valence-electron chi connectivity index (χ4n) is 1.40. The maximum absolute atomic E-state index is 12.1. The van der Waals surface area contributed by atoms with Crippen molar-refractivity contribution in [3.8, 4) is 11.9 Å². The highest BCUT2D eigenvalue weighted by atomic mass is 32.2. The number of benzene rings is 1. The number of rotatable bonds is 5. The molecule has 2 rings (SSSR count). The van der Waals surface area contributed by atoms with Crippen LogP contribution < -0.4 is 19.9 Å². The van der Waals surface area contributed by atoms with Gasteiger partial charge in [0, 0.05) is 11.8 Å². The Labute approximate surface area is 118 Å². The predicted octanol–water partition coefficient (Wildman–Crippen LogP) is 1.21. The highest BCUT2D eigenvalue weighted by Gasteiger charge is 2.09. The lowest BCUT2D eigenvalue weighted by molar-refractivity contribution is 0.353. The fourth-order valence-corrected chi connectivity index (χ4v) is 2.19. The van der Waals surface area contributed by atoms with Crippen molar-refractivity contribution in [2.24, 2.45) is 0 Å². The second-order valence-corrected chi connectivity index (χ2v) is 4.94. The minimum absolute atomic E-state index is 0.126. The number of ether oxygens (including phenoxy) is 2. The van der Waals surface area contributed by atoms with Crippen LogP contribution in [-0.2, 0) is 11.0 Å². The van der Waals surface area contributed by atoms with Gasteiger partial charge in [-0.15, -0.1) is 0 Å². The normalized spacial score (nSPS) is 11.7. The maximum atomic E-state index is 12.1. The Morgan fingerprint density at radius 3 is 2.45 bits per heavy atom. The number of nitrogen functional groups attached to an aromatic ring is 1. The molecule has 2 aromatic rings. The van der Waals surface area contributed by atoms with E-state index in [2.05, 4.69) is 14.7 Å². The van der Waals surface area contributed by atoms with Gasteiger partial charge >= 0.3 is 6.01 Å². The van der Waals surface area contributed by atoms with Crippen molar-refractivity contribution >= 4 is 22.5 Å². The summed E-state index contributed by atoms with van der Waals surface area (Å²) in [5.74, 6) is 0.650. The van der Waals surface area contributed by atoms with Gasteiger partial charge in [0.1, 0.15) is 5.82 Å². The van der Waals surface area contributed by atoms with Crippen LogP contribution in [0.3, 0.4) is 0 Å². The van der Waals surface area contributed by atoms with E-state index in [1.54, 1.807) is 24.3 Å². The molecule has 3 N–H and O–H groups in total. The lowest BCUT2D eigenvalue weighted by Crippen LogP contribution is -2.08. The Hall–Kier alpha value is -2.35.